The SMILES string of the molecule is Cc1ccc(C(F)(F)CC2CCCNCC2)cc1. The standard InChI is InChI=1S/C15H21F2N/c1-12-4-6-14(7-5-12)15(16,17)11-13-3-2-9-18-10-8-13/h4-7,13,18H,2-3,8-11H2,1H3. The molecular formula is C15H21F2N. The molecule has 100 valence electrons. The van der Waals surface area contributed by atoms with Gasteiger partial charge < -0.3 is 5.32 Å². The molecule has 0 bridgehead atoms. The quantitative estimate of drug-likeness (QED) is 0.862. The summed E-state index contributed by atoms with van der Waals surface area (Å²) < 4.78 is 28.4. The lowest BCUT2D eigenvalue weighted by molar-refractivity contribution is -0.0305. The van der Waals surface area contributed by atoms with E-state index in [0.717, 1.165) is 37.9 Å². The minimum Gasteiger partial charge on any atom is -0.317 e. The van der Waals surface area contributed by atoms with Crippen molar-refractivity contribution in [2.75, 3.05) is 13.1 Å². The maximum absolute atomic E-state index is 14.2. The van der Waals surface area contributed by atoms with Crippen LogP contribution >= 0.6 is 0 Å². The van der Waals surface area contributed by atoms with E-state index in [9.17, 15) is 8.78 Å². The lowest BCUT2D eigenvalue weighted by atomic mass is 9.90. The zero-order valence-electron chi connectivity index (χ0n) is 10.9. The number of halogens is 2. The Morgan fingerprint density at radius 1 is 1.17 bits per heavy atom. The van der Waals surface area contributed by atoms with Crippen LogP contribution in [0.3, 0.4) is 0 Å². The van der Waals surface area contributed by atoms with E-state index >= 15 is 0 Å². The van der Waals surface area contributed by atoms with Gasteiger partial charge in [0.05, 0.1) is 0 Å². The minimum atomic E-state index is -2.69. The first kappa shape index (κ1) is 13.5. The van der Waals surface area contributed by atoms with Crippen LogP contribution in [0.1, 0.15) is 36.8 Å². The molecule has 1 fully saturated rings. The summed E-state index contributed by atoms with van der Waals surface area (Å²) in [5.41, 5.74) is 1.18. The molecular weight excluding hydrogens is 232 g/mol. The summed E-state index contributed by atoms with van der Waals surface area (Å²) in [4.78, 5) is 0. The molecule has 1 saturated heterocycles. The molecule has 0 aliphatic carbocycles. The topological polar surface area (TPSA) is 12.0 Å². The summed E-state index contributed by atoms with van der Waals surface area (Å²) in [5, 5.41) is 3.27. The molecule has 2 rings (SSSR count). The molecule has 1 heterocycles. The third-order valence-corrected chi connectivity index (χ3v) is 3.71. The van der Waals surface area contributed by atoms with Gasteiger partial charge in [0.15, 0.2) is 0 Å². The fourth-order valence-corrected chi connectivity index (χ4v) is 2.57. The van der Waals surface area contributed by atoms with Crippen molar-refractivity contribution >= 4 is 0 Å². The second-order valence-corrected chi connectivity index (χ2v) is 5.32. The molecule has 1 aliphatic rings. The highest BCUT2D eigenvalue weighted by Gasteiger charge is 2.34. The van der Waals surface area contributed by atoms with Gasteiger partial charge in [-0.25, -0.2) is 8.78 Å². The second kappa shape index (κ2) is 5.79. The molecule has 1 unspecified atom stereocenters. The van der Waals surface area contributed by atoms with Crippen LogP contribution in [0.15, 0.2) is 24.3 Å². The summed E-state index contributed by atoms with van der Waals surface area (Å²) in [6, 6.07) is 6.64. The first-order valence-electron chi connectivity index (χ1n) is 6.73. The number of rotatable bonds is 3. The Balaban J connectivity index is 2.03. The molecule has 18 heavy (non-hydrogen) atoms. The van der Waals surface area contributed by atoms with E-state index in [1.807, 2.05) is 6.92 Å². The van der Waals surface area contributed by atoms with Gasteiger partial charge in [-0.15, -0.1) is 0 Å². The van der Waals surface area contributed by atoms with E-state index < -0.39 is 5.92 Å². The van der Waals surface area contributed by atoms with Crippen molar-refractivity contribution in [3.63, 3.8) is 0 Å². The van der Waals surface area contributed by atoms with Gasteiger partial charge in [0.1, 0.15) is 0 Å². The van der Waals surface area contributed by atoms with E-state index in [-0.39, 0.29) is 17.9 Å². The van der Waals surface area contributed by atoms with Gasteiger partial charge in [0, 0.05) is 12.0 Å². The Bertz CT molecular complexity index is 365. The molecule has 0 saturated carbocycles. The Labute approximate surface area is 108 Å². The van der Waals surface area contributed by atoms with Gasteiger partial charge >= 0.3 is 0 Å². The van der Waals surface area contributed by atoms with Crippen LogP contribution in [0.25, 0.3) is 0 Å². The largest absolute Gasteiger partial charge is 0.317 e. The van der Waals surface area contributed by atoms with Crippen molar-refractivity contribution in [2.24, 2.45) is 5.92 Å². The molecule has 1 nitrogen and oxygen atoms in total. The Morgan fingerprint density at radius 3 is 2.61 bits per heavy atom. The molecule has 1 N–H and O–H groups in total. The van der Waals surface area contributed by atoms with Gasteiger partial charge in [-0.2, -0.15) is 0 Å². The molecule has 1 atom stereocenters. The molecule has 0 radical (unpaired) electrons. The van der Waals surface area contributed by atoms with Crippen LogP contribution in [0.4, 0.5) is 8.78 Å². The van der Waals surface area contributed by atoms with Crippen LogP contribution in [0.5, 0.6) is 0 Å². The van der Waals surface area contributed by atoms with Gasteiger partial charge in [-0.3, -0.25) is 0 Å². The van der Waals surface area contributed by atoms with Gasteiger partial charge in [0.2, 0.25) is 0 Å². The third kappa shape index (κ3) is 3.52. The maximum Gasteiger partial charge on any atom is 0.273 e. The first-order chi connectivity index (χ1) is 8.58. The lowest BCUT2D eigenvalue weighted by Crippen LogP contribution is -2.20. The molecule has 0 aromatic heterocycles. The number of hydrogen-bond donors (Lipinski definition) is 1. The normalized spacial score (nSPS) is 21.6. The van der Waals surface area contributed by atoms with E-state index in [1.54, 1.807) is 24.3 Å². The summed E-state index contributed by atoms with van der Waals surface area (Å²) in [6.45, 7) is 3.75. The van der Waals surface area contributed by atoms with Crippen LogP contribution in [-0.4, -0.2) is 13.1 Å². The zero-order valence-corrected chi connectivity index (χ0v) is 10.9. The van der Waals surface area contributed by atoms with Crippen LogP contribution in [0.2, 0.25) is 0 Å². The highest BCUT2D eigenvalue weighted by Crippen LogP contribution is 2.37. The number of aryl methyl sites for hydroxylation is 1. The fourth-order valence-electron chi connectivity index (χ4n) is 2.57. The highest BCUT2D eigenvalue weighted by molar-refractivity contribution is 5.24. The monoisotopic (exact) mass is 253 g/mol. The predicted molar refractivity (Wildman–Crippen MR) is 69.9 cm³/mol. The van der Waals surface area contributed by atoms with E-state index in [1.165, 1.54) is 0 Å². The summed E-state index contributed by atoms with van der Waals surface area (Å²) >= 11 is 0. The summed E-state index contributed by atoms with van der Waals surface area (Å²) in [5.74, 6) is -2.56. The van der Waals surface area contributed by atoms with Gasteiger partial charge in [-0.05, 0) is 45.2 Å². The zero-order chi connectivity index (χ0) is 13.0. The fraction of sp³-hybridized carbons (Fsp3) is 0.600. The van der Waals surface area contributed by atoms with E-state index in [2.05, 4.69) is 5.32 Å². The number of nitrogens with one attached hydrogen (secondary N) is 1. The molecule has 1 aromatic carbocycles. The van der Waals surface area contributed by atoms with E-state index in [0.29, 0.717) is 0 Å². The van der Waals surface area contributed by atoms with Crippen molar-refractivity contribution in [1.82, 2.24) is 5.32 Å². The second-order valence-electron chi connectivity index (χ2n) is 5.32. The van der Waals surface area contributed by atoms with Crippen molar-refractivity contribution in [3.8, 4) is 0 Å². The maximum atomic E-state index is 14.2. The molecule has 0 spiro atoms. The smallest absolute Gasteiger partial charge is 0.273 e. The van der Waals surface area contributed by atoms with Crippen LogP contribution in [-0.2, 0) is 5.92 Å². The Morgan fingerprint density at radius 2 is 1.89 bits per heavy atom. The van der Waals surface area contributed by atoms with E-state index in [4.69, 9.17) is 0 Å². The van der Waals surface area contributed by atoms with Crippen molar-refractivity contribution in [3.05, 3.63) is 35.4 Å². The molecule has 1 aliphatic heterocycles. The minimum absolute atomic E-state index is 0.0161. The molecule has 0 amide bonds. The number of alkyl halides is 2. The van der Waals surface area contributed by atoms with Gasteiger partial charge in [0.25, 0.3) is 5.92 Å². The average Bonchev–Trinajstić information content (AvgIpc) is 2.57. The third-order valence-electron chi connectivity index (χ3n) is 3.71. The van der Waals surface area contributed by atoms with Crippen LogP contribution < -0.4 is 5.32 Å². The Kier molecular flexibility index (Phi) is 4.33. The Hall–Kier alpha value is -0.960. The molecule has 3 heteroatoms. The average molecular weight is 253 g/mol. The summed E-state index contributed by atoms with van der Waals surface area (Å²) in [6.07, 6.45) is 2.77. The lowest BCUT2D eigenvalue weighted by Gasteiger charge is -2.22. The summed E-state index contributed by atoms with van der Waals surface area (Å²) in [7, 11) is 0. The number of benzene rings is 1. The number of hydrogen-bond acceptors (Lipinski definition) is 1. The molecule has 1 aromatic rings. The predicted octanol–water partition coefficient (Wildman–Crippen LogP) is 3.87. The van der Waals surface area contributed by atoms with Crippen LogP contribution in [0, 0.1) is 12.8 Å². The van der Waals surface area contributed by atoms with Crippen molar-refractivity contribution in [1.29, 1.82) is 0 Å². The van der Waals surface area contributed by atoms with Crippen molar-refractivity contribution in [2.45, 2.75) is 38.5 Å². The highest BCUT2D eigenvalue weighted by atomic mass is 19.3. The van der Waals surface area contributed by atoms with Crippen molar-refractivity contribution < 1.29 is 8.78 Å². The van der Waals surface area contributed by atoms with Gasteiger partial charge in [-0.1, -0.05) is 29.8 Å². The first-order valence-corrected chi connectivity index (χ1v) is 6.73.